The van der Waals surface area contributed by atoms with Crippen LogP contribution < -0.4 is 4.74 Å². The predicted molar refractivity (Wildman–Crippen MR) is 146 cm³/mol. The minimum absolute atomic E-state index is 0.0156. The Balaban J connectivity index is 1.41. The number of hydrogen-bond acceptors (Lipinski definition) is 6. The summed E-state index contributed by atoms with van der Waals surface area (Å²) in [4.78, 5) is 31.9. The van der Waals surface area contributed by atoms with Crippen molar-refractivity contribution in [2.75, 3.05) is 6.54 Å². The topological polar surface area (TPSA) is 105 Å². The minimum Gasteiger partial charge on any atom is -0.508 e. The van der Waals surface area contributed by atoms with Gasteiger partial charge in [-0.2, -0.15) is 0 Å². The highest BCUT2D eigenvalue weighted by Gasteiger charge is 2.45. The summed E-state index contributed by atoms with van der Waals surface area (Å²) in [6, 6.07) is 20.3. The Hall–Kier alpha value is -4.85. The van der Waals surface area contributed by atoms with Gasteiger partial charge in [0.25, 0.3) is 11.7 Å². The molecule has 1 amide bonds. The van der Waals surface area contributed by atoms with Crippen LogP contribution in [0.25, 0.3) is 5.76 Å². The highest BCUT2D eigenvalue weighted by atomic mass is 16.5. The number of carbonyl (C=O) groups excluding carboxylic acids is 2. The number of ketones is 1. The number of amides is 1. The van der Waals surface area contributed by atoms with Crippen molar-refractivity contribution in [1.82, 2.24) is 14.5 Å². The summed E-state index contributed by atoms with van der Waals surface area (Å²) in [6.07, 6.45) is 5.80. The van der Waals surface area contributed by atoms with Crippen molar-refractivity contribution in [3.05, 3.63) is 119 Å². The number of hydrogen-bond donors (Lipinski definition) is 2. The Morgan fingerprint density at radius 1 is 0.974 bits per heavy atom. The molecule has 2 N–H and O–H groups in total. The lowest BCUT2D eigenvalue weighted by atomic mass is 9.95. The second-order valence-electron chi connectivity index (χ2n) is 9.48. The van der Waals surface area contributed by atoms with Crippen LogP contribution in [0.1, 0.15) is 34.7 Å². The number of Topliss-reactive ketones (excluding diaryl/α,β-unsaturated/α-hetero) is 1. The number of aryl methyl sites for hydroxylation is 2. The number of aliphatic hydroxyl groups excluding tert-OH is 1. The number of ether oxygens (including phenoxy) is 1. The molecule has 1 atom stereocenters. The molecule has 4 aromatic rings. The van der Waals surface area contributed by atoms with E-state index in [2.05, 4.69) is 4.98 Å². The van der Waals surface area contributed by atoms with Crippen molar-refractivity contribution in [2.45, 2.75) is 32.5 Å². The Kier molecular flexibility index (Phi) is 7.45. The van der Waals surface area contributed by atoms with Crippen LogP contribution in [0.15, 0.2) is 97.1 Å². The molecule has 198 valence electrons. The number of aromatic nitrogens is 2. The molecule has 1 aliphatic rings. The van der Waals surface area contributed by atoms with Crippen molar-refractivity contribution in [2.24, 2.45) is 0 Å². The molecular formula is C31H29N3O5. The molecular weight excluding hydrogens is 494 g/mol. The molecule has 0 radical (unpaired) electrons. The minimum atomic E-state index is -0.787. The first-order valence-corrected chi connectivity index (χ1v) is 12.7. The van der Waals surface area contributed by atoms with E-state index in [1.54, 1.807) is 48.9 Å². The number of benzene rings is 3. The zero-order valence-electron chi connectivity index (χ0n) is 21.5. The van der Waals surface area contributed by atoms with Crippen molar-refractivity contribution in [3.63, 3.8) is 0 Å². The van der Waals surface area contributed by atoms with E-state index in [0.717, 1.165) is 11.1 Å². The van der Waals surface area contributed by atoms with Crippen molar-refractivity contribution in [3.8, 4) is 11.5 Å². The summed E-state index contributed by atoms with van der Waals surface area (Å²) in [6.45, 7) is 3.35. The maximum absolute atomic E-state index is 13.2. The van der Waals surface area contributed by atoms with Crippen LogP contribution in [-0.4, -0.2) is 42.9 Å². The predicted octanol–water partition coefficient (Wildman–Crippen LogP) is 4.99. The molecule has 0 bridgehead atoms. The fourth-order valence-electron chi connectivity index (χ4n) is 4.75. The fraction of sp³-hybridized carbons (Fsp3) is 0.194. The van der Waals surface area contributed by atoms with E-state index < -0.39 is 17.7 Å². The van der Waals surface area contributed by atoms with Gasteiger partial charge in [-0.1, -0.05) is 36.4 Å². The van der Waals surface area contributed by atoms with Crippen LogP contribution in [0, 0.1) is 6.92 Å². The molecule has 1 fully saturated rings. The van der Waals surface area contributed by atoms with E-state index >= 15 is 0 Å². The summed E-state index contributed by atoms with van der Waals surface area (Å²) >= 11 is 0. The van der Waals surface area contributed by atoms with Crippen LogP contribution in [0.4, 0.5) is 0 Å². The summed E-state index contributed by atoms with van der Waals surface area (Å²) in [5.41, 5.74) is 3.25. The van der Waals surface area contributed by atoms with Gasteiger partial charge in [-0.3, -0.25) is 9.59 Å². The van der Waals surface area contributed by atoms with E-state index in [0.29, 0.717) is 43.0 Å². The van der Waals surface area contributed by atoms with Gasteiger partial charge >= 0.3 is 0 Å². The zero-order chi connectivity index (χ0) is 27.4. The van der Waals surface area contributed by atoms with Crippen molar-refractivity contribution in [1.29, 1.82) is 0 Å². The van der Waals surface area contributed by atoms with Gasteiger partial charge in [-0.25, -0.2) is 4.98 Å². The average molecular weight is 524 g/mol. The van der Waals surface area contributed by atoms with Gasteiger partial charge in [0.05, 0.1) is 17.9 Å². The molecule has 0 aliphatic carbocycles. The lowest BCUT2D eigenvalue weighted by Crippen LogP contribution is -2.31. The fourth-order valence-corrected chi connectivity index (χ4v) is 4.75. The summed E-state index contributed by atoms with van der Waals surface area (Å²) in [5, 5.41) is 21.1. The SMILES string of the molecule is Cc1ccccc1COc1ccc(C(O)=C2C(=O)C(=O)N(CCCn3ccnc3)[C@H]2c2ccc(O)cc2)cc1. The van der Waals surface area contributed by atoms with Gasteiger partial charge in [-0.15, -0.1) is 0 Å². The summed E-state index contributed by atoms with van der Waals surface area (Å²) < 4.78 is 7.81. The second kappa shape index (κ2) is 11.3. The molecule has 1 aromatic heterocycles. The first-order chi connectivity index (χ1) is 18.9. The van der Waals surface area contributed by atoms with Gasteiger partial charge in [0, 0.05) is 31.0 Å². The molecule has 2 heterocycles. The first-order valence-electron chi connectivity index (χ1n) is 12.7. The number of phenolic OH excluding ortho intramolecular Hbond substituents is 1. The van der Waals surface area contributed by atoms with E-state index in [1.807, 2.05) is 42.0 Å². The molecule has 0 unspecified atom stereocenters. The third-order valence-electron chi connectivity index (χ3n) is 6.91. The van der Waals surface area contributed by atoms with Gasteiger partial charge in [0.1, 0.15) is 23.9 Å². The van der Waals surface area contributed by atoms with Gasteiger partial charge in [0.15, 0.2) is 0 Å². The third kappa shape index (κ3) is 5.55. The molecule has 0 saturated carbocycles. The normalized spacial score (nSPS) is 16.5. The Morgan fingerprint density at radius 2 is 1.72 bits per heavy atom. The van der Waals surface area contributed by atoms with Gasteiger partial charge in [-0.05, 0) is 66.4 Å². The first kappa shape index (κ1) is 25.8. The Morgan fingerprint density at radius 3 is 2.41 bits per heavy atom. The van der Waals surface area contributed by atoms with Crippen LogP contribution in [0.2, 0.25) is 0 Å². The molecule has 5 rings (SSSR count). The lowest BCUT2D eigenvalue weighted by Gasteiger charge is -2.25. The number of carbonyl (C=O) groups is 2. The highest BCUT2D eigenvalue weighted by Crippen LogP contribution is 2.40. The summed E-state index contributed by atoms with van der Waals surface area (Å²) in [5.74, 6) is -0.984. The van der Waals surface area contributed by atoms with Gasteiger partial charge < -0.3 is 24.4 Å². The molecule has 39 heavy (non-hydrogen) atoms. The second-order valence-corrected chi connectivity index (χ2v) is 9.48. The van der Waals surface area contributed by atoms with E-state index in [-0.39, 0.29) is 17.1 Å². The van der Waals surface area contributed by atoms with Gasteiger partial charge in [0.2, 0.25) is 0 Å². The highest BCUT2D eigenvalue weighted by molar-refractivity contribution is 6.46. The zero-order valence-corrected chi connectivity index (χ0v) is 21.5. The van der Waals surface area contributed by atoms with E-state index in [4.69, 9.17) is 4.74 Å². The molecule has 1 saturated heterocycles. The van der Waals surface area contributed by atoms with E-state index in [1.165, 1.54) is 17.0 Å². The average Bonchev–Trinajstić information content (AvgIpc) is 3.55. The number of aliphatic hydroxyl groups is 1. The molecule has 1 aliphatic heterocycles. The van der Waals surface area contributed by atoms with Crippen molar-refractivity contribution >= 4 is 17.4 Å². The number of imidazole rings is 1. The number of nitrogens with zero attached hydrogens (tertiary/aromatic N) is 3. The van der Waals surface area contributed by atoms with Crippen LogP contribution >= 0.6 is 0 Å². The van der Waals surface area contributed by atoms with Crippen molar-refractivity contribution < 1.29 is 24.5 Å². The standard InChI is InChI=1S/C31H29N3O5/c1-21-5-2-3-6-24(21)19-39-26-13-9-23(10-14-26)29(36)27-28(22-7-11-25(35)12-8-22)34(31(38)30(27)37)17-4-16-33-18-15-32-20-33/h2-3,5-15,18,20,28,35-36H,4,16-17,19H2,1H3/t28-/m0/s1. The Labute approximate surface area is 226 Å². The van der Waals surface area contributed by atoms with Crippen LogP contribution in [0.5, 0.6) is 11.5 Å². The number of aromatic hydroxyl groups is 1. The summed E-state index contributed by atoms with van der Waals surface area (Å²) in [7, 11) is 0. The quantitative estimate of drug-likeness (QED) is 0.182. The third-order valence-corrected chi connectivity index (χ3v) is 6.91. The maximum atomic E-state index is 13.2. The van der Waals surface area contributed by atoms with Crippen LogP contribution in [-0.2, 0) is 22.7 Å². The maximum Gasteiger partial charge on any atom is 0.295 e. The molecule has 8 nitrogen and oxygen atoms in total. The number of phenols is 1. The largest absolute Gasteiger partial charge is 0.508 e. The number of likely N-dealkylation sites (tertiary alicyclic amines) is 1. The Bertz CT molecular complexity index is 1490. The van der Waals surface area contributed by atoms with Crippen LogP contribution in [0.3, 0.4) is 0 Å². The molecule has 8 heteroatoms. The molecule has 0 spiro atoms. The monoisotopic (exact) mass is 523 g/mol. The number of rotatable bonds is 9. The molecule has 3 aromatic carbocycles. The lowest BCUT2D eigenvalue weighted by molar-refractivity contribution is -0.139. The smallest absolute Gasteiger partial charge is 0.295 e. The van der Waals surface area contributed by atoms with E-state index in [9.17, 15) is 19.8 Å².